The number of carbonyl (C=O) groups is 1. The molecule has 0 saturated carbocycles. The summed E-state index contributed by atoms with van der Waals surface area (Å²) < 4.78 is 0. The van der Waals surface area contributed by atoms with Crippen LogP contribution in [0.5, 0.6) is 0 Å². The first kappa shape index (κ1) is 12.7. The van der Waals surface area contributed by atoms with E-state index in [0.29, 0.717) is 0 Å². The van der Waals surface area contributed by atoms with E-state index in [-0.39, 0.29) is 16.2 Å². The molecule has 0 N–H and O–H groups in total. The van der Waals surface area contributed by atoms with Gasteiger partial charge in [0.15, 0.2) is 0 Å². The average Bonchev–Trinajstić information content (AvgIpc) is 1.81. The van der Waals surface area contributed by atoms with Crippen molar-refractivity contribution in [2.75, 3.05) is 0 Å². The first-order chi connectivity index (χ1) is 5.52. The molecule has 0 radical (unpaired) electrons. The number of rotatable bonds is 2. The molecule has 1 nitrogen and oxygen atoms in total. The van der Waals surface area contributed by atoms with Gasteiger partial charge in [0, 0.05) is 5.41 Å². The molecule has 0 aliphatic carbocycles. The molecule has 78 valence electrons. The summed E-state index contributed by atoms with van der Waals surface area (Å²) in [5, 5.41) is 0. The summed E-state index contributed by atoms with van der Waals surface area (Å²) in [6, 6.07) is 0. The van der Waals surface area contributed by atoms with Gasteiger partial charge in [0.1, 0.15) is 6.29 Å². The highest BCUT2D eigenvalue weighted by Gasteiger charge is 2.40. The maximum atomic E-state index is 11.2. The minimum atomic E-state index is -0.217. The molecule has 1 atom stereocenters. The summed E-state index contributed by atoms with van der Waals surface area (Å²) in [5.74, 6) is 0. The lowest BCUT2D eigenvalue weighted by molar-refractivity contribution is -0.123. The molecule has 0 bridgehead atoms. The Bertz CT molecular complexity index is 180. The molecule has 0 heterocycles. The number of hydrogen-bond acceptors (Lipinski definition) is 1. The van der Waals surface area contributed by atoms with E-state index in [1.54, 1.807) is 0 Å². The highest BCUT2D eigenvalue weighted by Crippen LogP contribution is 2.44. The second-order valence-corrected chi connectivity index (χ2v) is 6.52. The summed E-state index contributed by atoms with van der Waals surface area (Å²) in [6.07, 6.45) is 2.06. The van der Waals surface area contributed by atoms with Crippen LogP contribution in [-0.2, 0) is 4.79 Å². The van der Waals surface area contributed by atoms with E-state index in [4.69, 9.17) is 0 Å². The molecular weight excluding hydrogens is 160 g/mol. The van der Waals surface area contributed by atoms with Gasteiger partial charge in [0.05, 0.1) is 0 Å². The van der Waals surface area contributed by atoms with Crippen molar-refractivity contribution in [3.05, 3.63) is 0 Å². The quantitative estimate of drug-likeness (QED) is 0.598. The van der Waals surface area contributed by atoms with Gasteiger partial charge in [0.25, 0.3) is 0 Å². The van der Waals surface area contributed by atoms with Gasteiger partial charge in [-0.2, -0.15) is 0 Å². The maximum absolute atomic E-state index is 11.2. The van der Waals surface area contributed by atoms with Gasteiger partial charge in [-0.05, 0) is 17.3 Å². The SMILES string of the molecule is CC(C)(C)CC(C)(C=O)C(C)(C)C. The minimum absolute atomic E-state index is 0.0437. The minimum Gasteiger partial charge on any atom is -0.303 e. The van der Waals surface area contributed by atoms with Crippen LogP contribution in [0.1, 0.15) is 54.9 Å². The Labute approximate surface area is 82.9 Å². The van der Waals surface area contributed by atoms with Crippen LogP contribution in [0.2, 0.25) is 0 Å². The van der Waals surface area contributed by atoms with Gasteiger partial charge in [-0.15, -0.1) is 0 Å². The Morgan fingerprint density at radius 3 is 1.38 bits per heavy atom. The lowest BCUT2D eigenvalue weighted by Gasteiger charge is -2.41. The van der Waals surface area contributed by atoms with E-state index in [2.05, 4.69) is 48.5 Å². The van der Waals surface area contributed by atoms with Crippen LogP contribution in [0.25, 0.3) is 0 Å². The monoisotopic (exact) mass is 184 g/mol. The van der Waals surface area contributed by atoms with Crippen molar-refractivity contribution in [2.24, 2.45) is 16.2 Å². The van der Waals surface area contributed by atoms with E-state index in [1.165, 1.54) is 0 Å². The summed E-state index contributed by atoms with van der Waals surface area (Å²) in [4.78, 5) is 11.2. The van der Waals surface area contributed by atoms with Crippen molar-refractivity contribution < 1.29 is 4.79 Å². The van der Waals surface area contributed by atoms with Crippen molar-refractivity contribution in [2.45, 2.75) is 54.9 Å². The van der Waals surface area contributed by atoms with Crippen molar-refractivity contribution in [1.29, 1.82) is 0 Å². The fourth-order valence-corrected chi connectivity index (χ4v) is 1.59. The summed E-state index contributed by atoms with van der Waals surface area (Å²) in [7, 11) is 0. The summed E-state index contributed by atoms with van der Waals surface area (Å²) in [6.45, 7) is 15.0. The Morgan fingerprint density at radius 2 is 1.31 bits per heavy atom. The van der Waals surface area contributed by atoms with Crippen molar-refractivity contribution in [3.8, 4) is 0 Å². The van der Waals surface area contributed by atoms with E-state index < -0.39 is 0 Å². The third-order valence-electron chi connectivity index (χ3n) is 2.87. The average molecular weight is 184 g/mol. The van der Waals surface area contributed by atoms with E-state index in [1.807, 2.05) is 0 Å². The molecule has 1 unspecified atom stereocenters. The Balaban J connectivity index is 4.77. The lowest BCUT2D eigenvalue weighted by Crippen LogP contribution is -2.37. The van der Waals surface area contributed by atoms with Gasteiger partial charge < -0.3 is 4.79 Å². The molecule has 13 heavy (non-hydrogen) atoms. The van der Waals surface area contributed by atoms with Crippen LogP contribution >= 0.6 is 0 Å². The highest BCUT2D eigenvalue weighted by atomic mass is 16.1. The van der Waals surface area contributed by atoms with E-state index >= 15 is 0 Å². The zero-order valence-corrected chi connectivity index (χ0v) is 10.2. The number of aldehydes is 1. The van der Waals surface area contributed by atoms with E-state index in [0.717, 1.165) is 12.7 Å². The summed E-state index contributed by atoms with van der Waals surface area (Å²) >= 11 is 0. The predicted molar refractivity (Wildman–Crippen MR) is 57.7 cm³/mol. The van der Waals surface area contributed by atoms with Crippen LogP contribution in [0.3, 0.4) is 0 Å². The number of hydrogen-bond donors (Lipinski definition) is 0. The molecule has 0 aliphatic rings. The van der Waals surface area contributed by atoms with Gasteiger partial charge >= 0.3 is 0 Å². The fourth-order valence-electron chi connectivity index (χ4n) is 1.59. The third-order valence-corrected chi connectivity index (χ3v) is 2.87. The highest BCUT2D eigenvalue weighted by molar-refractivity contribution is 5.60. The molecular formula is C12H24O. The smallest absolute Gasteiger partial charge is 0.126 e. The first-order valence-electron chi connectivity index (χ1n) is 4.98. The first-order valence-corrected chi connectivity index (χ1v) is 4.98. The largest absolute Gasteiger partial charge is 0.303 e. The third kappa shape index (κ3) is 3.50. The lowest BCUT2D eigenvalue weighted by atomic mass is 9.62. The standard InChI is InChI=1S/C12H24O/c1-10(2,3)8-12(7,9-13)11(4,5)6/h9H,8H2,1-7H3. The van der Waals surface area contributed by atoms with Crippen LogP contribution in [-0.4, -0.2) is 6.29 Å². The molecule has 0 aliphatic heterocycles. The maximum Gasteiger partial charge on any atom is 0.126 e. The Morgan fingerprint density at radius 1 is 0.923 bits per heavy atom. The molecule has 0 saturated heterocycles. The molecule has 0 aromatic rings. The second kappa shape index (κ2) is 3.43. The normalized spacial score (nSPS) is 18.1. The molecule has 0 aromatic heterocycles. The summed E-state index contributed by atoms with van der Waals surface area (Å²) in [5.41, 5.74) is 0.0379. The molecule has 0 rings (SSSR count). The molecule has 0 spiro atoms. The Hall–Kier alpha value is -0.330. The number of carbonyl (C=O) groups excluding carboxylic acids is 1. The van der Waals surface area contributed by atoms with Gasteiger partial charge in [0.2, 0.25) is 0 Å². The second-order valence-electron chi connectivity index (χ2n) is 6.52. The van der Waals surface area contributed by atoms with Gasteiger partial charge in [-0.1, -0.05) is 48.5 Å². The van der Waals surface area contributed by atoms with Crippen LogP contribution in [0.4, 0.5) is 0 Å². The zero-order valence-electron chi connectivity index (χ0n) is 10.2. The molecule has 0 aromatic carbocycles. The van der Waals surface area contributed by atoms with Gasteiger partial charge in [-0.25, -0.2) is 0 Å². The van der Waals surface area contributed by atoms with E-state index in [9.17, 15) is 4.79 Å². The fraction of sp³-hybridized carbons (Fsp3) is 0.917. The van der Waals surface area contributed by atoms with Gasteiger partial charge in [-0.3, -0.25) is 0 Å². The predicted octanol–water partition coefficient (Wildman–Crippen LogP) is 3.67. The zero-order chi connectivity index (χ0) is 10.9. The topological polar surface area (TPSA) is 17.1 Å². The molecule has 1 heteroatoms. The molecule has 0 fully saturated rings. The van der Waals surface area contributed by atoms with Crippen LogP contribution < -0.4 is 0 Å². The Kier molecular flexibility index (Phi) is 3.35. The van der Waals surface area contributed by atoms with Crippen LogP contribution in [0, 0.1) is 16.2 Å². The van der Waals surface area contributed by atoms with Crippen molar-refractivity contribution in [1.82, 2.24) is 0 Å². The molecule has 0 amide bonds. The van der Waals surface area contributed by atoms with Crippen LogP contribution in [0.15, 0.2) is 0 Å². The van der Waals surface area contributed by atoms with Crippen molar-refractivity contribution in [3.63, 3.8) is 0 Å². The van der Waals surface area contributed by atoms with Crippen molar-refractivity contribution >= 4 is 6.29 Å².